The number of amides is 1. The van der Waals surface area contributed by atoms with Gasteiger partial charge in [-0.1, -0.05) is 0 Å². The third-order valence-electron chi connectivity index (χ3n) is 4.58. The van der Waals surface area contributed by atoms with E-state index < -0.39 is 33.5 Å². The number of carbonyl (C=O) groups is 2. The maximum absolute atomic E-state index is 12.9. The van der Waals surface area contributed by atoms with Crippen LogP contribution in [0, 0.1) is 5.82 Å². The molecule has 1 amide bonds. The molecule has 2 aromatic carbocycles. The Morgan fingerprint density at radius 3 is 2.23 bits per heavy atom. The molecule has 3 rings (SSSR count). The Morgan fingerprint density at radius 2 is 1.67 bits per heavy atom. The summed E-state index contributed by atoms with van der Waals surface area (Å²) in [6.45, 7) is 3.48. The van der Waals surface area contributed by atoms with Crippen molar-refractivity contribution in [3.8, 4) is 11.5 Å². The molecular weight excluding hydrogens is 415 g/mol. The van der Waals surface area contributed by atoms with Gasteiger partial charge in [0.05, 0.1) is 18.5 Å². The first-order chi connectivity index (χ1) is 14.0. The first-order valence-corrected chi connectivity index (χ1v) is 10.5. The monoisotopic (exact) mass is 436 g/mol. The van der Waals surface area contributed by atoms with Crippen molar-refractivity contribution in [2.45, 2.75) is 36.7 Å². The van der Waals surface area contributed by atoms with Crippen molar-refractivity contribution >= 4 is 22.0 Å². The van der Waals surface area contributed by atoms with Crippen LogP contribution in [0.4, 0.5) is 4.39 Å². The summed E-state index contributed by atoms with van der Waals surface area (Å²) in [5, 5.41) is 5.64. The molecule has 0 spiro atoms. The highest BCUT2D eigenvalue weighted by atomic mass is 32.2. The number of carbonyl (C=O) groups excluding carboxylic acids is 2. The third kappa shape index (κ3) is 5.33. The minimum Gasteiger partial charge on any atom is -0.457 e. The zero-order valence-electron chi connectivity index (χ0n) is 16.3. The van der Waals surface area contributed by atoms with Gasteiger partial charge in [0.15, 0.2) is 0 Å². The molecule has 0 aliphatic carbocycles. The number of piperazine rings is 1. The summed E-state index contributed by atoms with van der Waals surface area (Å²) in [4.78, 5) is 23.4. The van der Waals surface area contributed by atoms with Crippen LogP contribution in [-0.2, 0) is 23.9 Å². The highest BCUT2D eigenvalue weighted by Gasteiger charge is 2.37. The molecule has 30 heavy (non-hydrogen) atoms. The molecule has 0 saturated carbocycles. The first-order valence-electron chi connectivity index (χ1n) is 9.10. The minimum absolute atomic E-state index is 0.0314. The lowest BCUT2D eigenvalue weighted by atomic mass is 9.90. The van der Waals surface area contributed by atoms with Crippen molar-refractivity contribution in [3.63, 3.8) is 0 Å². The van der Waals surface area contributed by atoms with E-state index in [4.69, 9.17) is 8.92 Å². The van der Waals surface area contributed by atoms with Crippen LogP contribution >= 0.6 is 0 Å². The Kier molecular flexibility index (Phi) is 6.09. The van der Waals surface area contributed by atoms with Crippen LogP contribution in [0.25, 0.3) is 0 Å². The zero-order chi connectivity index (χ0) is 21.9. The standard InChI is InChI=1S/C20H21FN2O6S/c1-20(2)17(22-12-18(24)23-20)11-19(25)29-30(26,27)16-9-7-15(8-10-16)28-14-5-3-13(21)4-6-14/h3-10,17,22H,11-12H2,1-2H3,(H,23,24). The lowest BCUT2D eigenvalue weighted by Gasteiger charge is -2.39. The van der Waals surface area contributed by atoms with Crippen LogP contribution in [0.15, 0.2) is 53.4 Å². The van der Waals surface area contributed by atoms with Crippen molar-refractivity contribution in [3.05, 3.63) is 54.3 Å². The molecule has 160 valence electrons. The fourth-order valence-electron chi connectivity index (χ4n) is 2.97. The highest BCUT2D eigenvalue weighted by molar-refractivity contribution is 7.87. The van der Waals surface area contributed by atoms with Crippen LogP contribution in [0.2, 0.25) is 0 Å². The van der Waals surface area contributed by atoms with Crippen molar-refractivity contribution < 1.29 is 31.3 Å². The van der Waals surface area contributed by atoms with Crippen LogP contribution in [0.5, 0.6) is 11.5 Å². The lowest BCUT2D eigenvalue weighted by molar-refractivity contribution is -0.136. The average molecular weight is 436 g/mol. The van der Waals surface area contributed by atoms with Gasteiger partial charge in [0.25, 0.3) is 0 Å². The number of benzene rings is 2. The Hall–Kier alpha value is -2.98. The van der Waals surface area contributed by atoms with Crippen molar-refractivity contribution in [1.29, 1.82) is 0 Å². The summed E-state index contributed by atoms with van der Waals surface area (Å²) in [6, 6.07) is 10.1. The number of nitrogens with one attached hydrogen (secondary N) is 2. The second-order valence-corrected chi connectivity index (χ2v) is 8.89. The molecule has 0 aromatic heterocycles. The van der Waals surface area contributed by atoms with Gasteiger partial charge in [-0.15, -0.1) is 0 Å². The van der Waals surface area contributed by atoms with Gasteiger partial charge in [0.2, 0.25) is 5.91 Å². The van der Waals surface area contributed by atoms with Gasteiger partial charge >= 0.3 is 16.1 Å². The van der Waals surface area contributed by atoms with E-state index in [2.05, 4.69) is 10.6 Å². The summed E-state index contributed by atoms with van der Waals surface area (Å²) in [5.41, 5.74) is -0.739. The van der Waals surface area contributed by atoms with E-state index in [1.54, 1.807) is 13.8 Å². The second-order valence-electron chi connectivity index (χ2n) is 7.34. The SMILES string of the molecule is CC1(C)NC(=O)CNC1CC(=O)OS(=O)(=O)c1ccc(Oc2ccc(F)cc2)cc1. The van der Waals surface area contributed by atoms with Gasteiger partial charge in [-0.05, 0) is 62.4 Å². The Balaban J connectivity index is 1.62. The van der Waals surface area contributed by atoms with Crippen LogP contribution < -0.4 is 15.4 Å². The van der Waals surface area contributed by atoms with E-state index in [0.717, 1.165) is 0 Å². The maximum atomic E-state index is 12.9. The van der Waals surface area contributed by atoms with E-state index in [0.29, 0.717) is 11.5 Å². The lowest BCUT2D eigenvalue weighted by Crippen LogP contribution is -2.65. The van der Waals surface area contributed by atoms with E-state index in [1.807, 2.05) is 0 Å². The van der Waals surface area contributed by atoms with Gasteiger partial charge < -0.3 is 19.6 Å². The molecule has 2 N–H and O–H groups in total. The molecule has 1 unspecified atom stereocenters. The Labute approximate surface area is 173 Å². The number of ether oxygens (including phenoxy) is 1. The smallest absolute Gasteiger partial charge is 0.341 e. The summed E-state index contributed by atoms with van der Waals surface area (Å²) in [6.07, 6.45) is -0.238. The number of halogens is 1. The summed E-state index contributed by atoms with van der Waals surface area (Å²) >= 11 is 0. The molecule has 1 heterocycles. The molecule has 1 saturated heterocycles. The fraction of sp³-hybridized carbons (Fsp3) is 0.300. The van der Waals surface area contributed by atoms with Crippen molar-refractivity contribution in [2.75, 3.05) is 6.54 Å². The second kappa shape index (κ2) is 8.41. The van der Waals surface area contributed by atoms with Gasteiger partial charge in [-0.3, -0.25) is 9.59 Å². The molecule has 1 atom stereocenters. The van der Waals surface area contributed by atoms with E-state index in [-0.39, 0.29) is 23.8 Å². The molecule has 0 radical (unpaired) electrons. The van der Waals surface area contributed by atoms with Gasteiger partial charge in [-0.25, -0.2) is 4.39 Å². The quantitative estimate of drug-likeness (QED) is 0.667. The molecule has 2 aromatic rings. The van der Waals surface area contributed by atoms with Gasteiger partial charge in [0, 0.05) is 6.04 Å². The average Bonchev–Trinajstić information content (AvgIpc) is 2.65. The van der Waals surface area contributed by atoms with Gasteiger partial charge in [-0.2, -0.15) is 8.42 Å². The predicted molar refractivity (Wildman–Crippen MR) is 105 cm³/mol. The number of hydrogen-bond acceptors (Lipinski definition) is 7. The van der Waals surface area contributed by atoms with E-state index in [1.165, 1.54) is 48.5 Å². The van der Waals surface area contributed by atoms with Crippen LogP contribution in [0.3, 0.4) is 0 Å². The Morgan fingerprint density at radius 1 is 1.10 bits per heavy atom. The third-order valence-corrected chi connectivity index (χ3v) is 5.83. The Bertz CT molecular complexity index is 1040. The summed E-state index contributed by atoms with van der Waals surface area (Å²) < 4.78 is 47.9. The maximum Gasteiger partial charge on any atom is 0.341 e. The number of rotatable bonds is 6. The molecule has 1 aliphatic rings. The normalized spacial score (nSPS) is 18.4. The predicted octanol–water partition coefficient (Wildman–Crippen LogP) is 2.11. The molecule has 1 aliphatic heterocycles. The van der Waals surface area contributed by atoms with Crippen LogP contribution in [0.1, 0.15) is 20.3 Å². The van der Waals surface area contributed by atoms with Crippen molar-refractivity contribution in [1.82, 2.24) is 10.6 Å². The van der Waals surface area contributed by atoms with E-state index in [9.17, 15) is 22.4 Å². The van der Waals surface area contributed by atoms with Gasteiger partial charge in [0.1, 0.15) is 22.2 Å². The minimum atomic E-state index is -4.32. The van der Waals surface area contributed by atoms with Crippen molar-refractivity contribution in [2.24, 2.45) is 0 Å². The summed E-state index contributed by atoms with van der Waals surface area (Å²) in [7, 11) is -4.32. The fourth-order valence-corrected chi connectivity index (χ4v) is 3.85. The topological polar surface area (TPSA) is 111 Å². The van der Waals surface area contributed by atoms with E-state index >= 15 is 0 Å². The molecule has 10 heteroatoms. The largest absolute Gasteiger partial charge is 0.457 e. The summed E-state index contributed by atoms with van der Waals surface area (Å²) in [5.74, 6) is -0.841. The zero-order valence-corrected chi connectivity index (χ0v) is 17.2. The van der Waals surface area contributed by atoms with Crippen LogP contribution in [-0.4, -0.2) is 38.4 Å². The first kappa shape index (κ1) is 21.7. The molecule has 8 nitrogen and oxygen atoms in total. The number of hydrogen-bond donors (Lipinski definition) is 2. The highest BCUT2D eigenvalue weighted by Crippen LogP contribution is 2.24. The molecule has 0 bridgehead atoms. The molecule has 1 fully saturated rings. The molecular formula is C20H21FN2O6S.